The second-order valence-electron chi connectivity index (χ2n) is 4.38. The van der Waals surface area contributed by atoms with Crippen molar-refractivity contribution in [2.24, 2.45) is 0 Å². The van der Waals surface area contributed by atoms with Gasteiger partial charge in [-0.2, -0.15) is 0 Å². The highest BCUT2D eigenvalue weighted by Crippen LogP contribution is 2.23. The van der Waals surface area contributed by atoms with E-state index >= 15 is 0 Å². The molecule has 4 nitrogen and oxygen atoms in total. The summed E-state index contributed by atoms with van der Waals surface area (Å²) in [6.07, 6.45) is 1.31. The van der Waals surface area contributed by atoms with Crippen LogP contribution in [0.5, 0.6) is 0 Å². The van der Waals surface area contributed by atoms with Crippen LogP contribution in [0, 0.1) is 5.82 Å². The molecule has 1 aromatic carbocycles. The largest absolute Gasteiger partial charge is 0.361 e. The maximum absolute atomic E-state index is 13.5. The van der Waals surface area contributed by atoms with Crippen molar-refractivity contribution < 1.29 is 14.0 Å². The highest BCUT2D eigenvalue weighted by atomic mass is 19.1. The topological polar surface area (TPSA) is 40.6 Å². The van der Waals surface area contributed by atoms with Gasteiger partial charge in [-0.1, -0.05) is 6.07 Å². The highest BCUT2D eigenvalue weighted by molar-refractivity contribution is 5.88. The van der Waals surface area contributed by atoms with Gasteiger partial charge in [0.1, 0.15) is 5.82 Å². The summed E-state index contributed by atoms with van der Waals surface area (Å²) >= 11 is 0. The van der Waals surface area contributed by atoms with Crippen LogP contribution in [0.1, 0.15) is 16.8 Å². The van der Waals surface area contributed by atoms with Crippen LogP contribution in [-0.4, -0.2) is 43.8 Å². The van der Waals surface area contributed by atoms with Crippen molar-refractivity contribution >= 4 is 17.9 Å². The molecular formula is C13H15FN2O2. The Morgan fingerprint density at radius 3 is 2.83 bits per heavy atom. The van der Waals surface area contributed by atoms with Gasteiger partial charge in [0.25, 0.3) is 0 Å². The van der Waals surface area contributed by atoms with Gasteiger partial charge in [0, 0.05) is 20.1 Å². The lowest BCUT2D eigenvalue weighted by molar-refractivity contribution is -0.127. The molecule has 5 heteroatoms. The lowest BCUT2D eigenvalue weighted by Gasteiger charge is -2.23. The number of rotatable bonds is 2. The molecule has 1 aliphatic rings. The Morgan fingerprint density at radius 1 is 1.33 bits per heavy atom. The van der Waals surface area contributed by atoms with E-state index in [1.54, 1.807) is 29.0 Å². The van der Waals surface area contributed by atoms with E-state index in [0.29, 0.717) is 25.1 Å². The van der Waals surface area contributed by atoms with Crippen LogP contribution in [-0.2, 0) is 4.79 Å². The normalized spacial score (nSPS) is 16.7. The zero-order valence-electron chi connectivity index (χ0n) is 10.2. The molecule has 0 spiro atoms. The van der Waals surface area contributed by atoms with E-state index in [0.717, 1.165) is 6.42 Å². The fourth-order valence-corrected chi connectivity index (χ4v) is 2.11. The van der Waals surface area contributed by atoms with E-state index in [-0.39, 0.29) is 18.0 Å². The summed E-state index contributed by atoms with van der Waals surface area (Å²) in [5.74, 6) is -0.568. The Morgan fingerprint density at radius 2 is 2.11 bits per heavy atom. The summed E-state index contributed by atoms with van der Waals surface area (Å²) in [5, 5.41) is 0. The van der Waals surface area contributed by atoms with E-state index in [1.807, 2.05) is 0 Å². The van der Waals surface area contributed by atoms with Crippen LogP contribution < -0.4 is 4.90 Å². The number of aldehydes is 1. The number of nitrogens with zero attached hydrogens (tertiary/aromatic N) is 2. The van der Waals surface area contributed by atoms with Crippen molar-refractivity contribution in [2.75, 3.05) is 31.6 Å². The molecule has 1 saturated heterocycles. The third-order valence-corrected chi connectivity index (χ3v) is 3.16. The summed E-state index contributed by atoms with van der Waals surface area (Å²) in [4.78, 5) is 26.2. The third kappa shape index (κ3) is 2.34. The third-order valence-electron chi connectivity index (χ3n) is 3.16. The smallest absolute Gasteiger partial charge is 0.241 e. The van der Waals surface area contributed by atoms with Crippen LogP contribution in [0.25, 0.3) is 0 Å². The summed E-state index contributed by atoms with van der Waals surface area (Å²) in [6.45, 7) is 1.50. The standard InChI is InChI=1S/C13H15FN2O2/c1-15-6-3-7-16(8-13(15)18)12-5-2-4-11(14)10(12)9-17/h2,4-5,9H,3,6-8H2,1H3. The number of halogens is 1. The second kappa shape index (κ2) is 5.16. The zero-order chi connectivity index (χ0) is 13.1. The predicted octanol–water partition coefficient (Wildman–Crippen LogP) is 1.31. The van der Waals surface area contributed by atoms with Crippen molar-refractivity contribution in [3.8, 4) is 0 Å². The van der Waals surface area contributed by atoms with Crippen LogP contribution in [0.3, 0.4) is 0 Å². The maximum atomic E-state index is 13.5. The first-order chi connectivity index (χ1) is 8.63. The SMILES string of the molecule is CN1CCCN(c2cccc(F)c2C=O)CC1=O. The minimum Gasteiger partial charge on any atom is -0.361 e. The van der Waals surface area contributed by atoms with Crippen molar-refractivity contribution in [1.29, 1.82) is 0 Å². The van der Waals surface area contributed by atoms with Crippen molar-refractivity contribution in [3.63, 3.8) is 0 Å². The molecule has 2 rings (SSSR count). The Kier molecular flexibility index (Phi) is 3.60. The monoisotopic (exact) mass is 250 g/mol. The molecule has 96 valence electrons. The fourth-order valence-electron chi connectivity index (χ4n) is 2.11. The average molecular weight is 250 g/mol. The van der Waals surface area contributed by atoms with E-state index in [2.05, 4.69) is 0 Å². The van der Waals surface area contributed by atoms with Crippen LogP contribution in [0.2, 0.25) is 0 Å². The van der Waals surface area contributed by atoms with E-state index in [4.69, 9.17) is 0 Å². The Hall–Kier alpha value is -1.91. The molecule has 0 aliphatic carbocycles. The quantitative estimate of drug-likeness (QED) is 0.743. The highest BCUT2D eigenvalue weighted by Gasteiger charge is 2.21. The summed E-state index contributed by atoms with van der Waals surface area (Å²) < 4.78 is 13.5. The first-order valence-electron chi connectivity index (χ1n) is 5.86. The fraction of sp³-hybridized carbons (Fsp3) is 0.385. The number of benzene rings is 1. The molecular weight excluding hydrogens is 235 g/mol. The van der Waals surface area contributed by atoms with Gasteiger partial charge in [-0.3, -0.25) is 9.59 Å². The Balaban J connectivity index is 2.33. The van der Waals surface area contributed by atoms with Crippen LogP contribution in [0.15, 0.2) is 18.2 Å². The number of carbonyl (C=O) groups excluding carboxylic acids is 2. The number of hydrogen-bond acceptors (Lipinski definition) is 3. The first kappa shape index (κ1) is 12.5. The molecule has 0 radical (unpaired) electrons. The molecule has 18 heavy (non-hydrogen) atoms. The molecule has 0 bridgehead atoms. The molecule has 1 aliphatic heterocycles. The first-order valence-corrected chi connectivity index (χ1v) is 5.86. The summed E-state index contributed by atoms with van der Waals surface area (Å²) in [5.41, 5.74) is 0.517. The van der Waals surface area contributed by atoms with Gasteiger partial charge in [-0.25, -0.2) is 4.39 Å². The minimum absolute atomic E-state index is 0.0198. The molecule has 0 unspecified atom stereocenters. The van der Waals surface area contributed by atoms with Crippen LogP contribution in [0.4, 0.5) is 10.1 Å². The lowest BCUT2D eigenvalue weighted by Crippen LogP contribution is -2.34. The number of likely N-dealkylation sites (N-methyl/N-ethyl adjacent to an activating group) is 1. The van der Waals surface area contributed by atoms with Gasteiger partial charge in [-0.15, -0.1) is 0 Å². The maximum Gasteiger partial charge on any atom is 0.241 e. The molecule has 1 amide bonds. The Bertz CT molecular complexity index is 476. The van der Waals surface area contributed by atoms with Crippen LogP contribution >= 0.6 is 0 Å². The molecule has 0 atom stereocenters. The minimum atomic E-state index is -0.549. The predicted molar refractivity (Wildman–Crippen MR) is 66.3 cm³/mol. The van der Waals surface area contributed by atoms with Crippen molar-refractivity contribution in [3.05, 3.63) is 29.6 Å². The van der Waals surface area contributed by atoms with Crippen molar-refractivity contribution in [1.82, 2.24) is 4.90 Å². The van der Waals surface area contributed by atoms with Gasteiger partial charge >= 0.3 is 0 Å². The molecule has 0 N–H and O–H groups in total. The van der Waals surface area contributed by atoms with Gasteiger partial charge in [0.05, 0.1) is 17.8 Å². The van der Waals surface area contributed by atoms with E-state index in [9.17, 15) is 14.0 Å². The van der Waals surface area contributed by atoms with Gasteiger partial charge in [0.2, 0.25) is 5.91 Å². The number of anilines is 1. The molecule has 0 saturated carbocycles. The van der Waals surface area contributed by atoms with E-state index < -0.39 is 5.82 Å². The molecule has 1 heterocycles. The Labute approximate surface area is 105 Å². The summed E-state index contributed by atoms with van der Waals surface area (Å²) in [7, 11) is 1.75. The van der Waals surface area contributed by atoms with Gasteiger partial charge in [0.15, 0.2) is 6.29 Å². The number of hydrogen-bond donors (Lipinski definition) is 0. The van der Waals surface area contributed by atoms with E-state index in [1.165, 1.54) is 6.07 Å². The number of amides is 1. The summed E-state index contributed by atoms with van der Waals surface area (Å²) in [6, 6.07) is 4.47. The van der Waals surface area contributed by atoms with Crippen molar-refractivity contribution in [2.45, 2.75) is 6.42 Å². The molecule has 1 fully saturated rings. The zero-order valence-corrected chi connectivity index (χ0v) is 10.2. The molecule has 0 aromatic heterocycles. The number of carbonyl (C=O) groups is 2. The second-order valence-corrected chi connectivity index (χ2v) is 4.38. The van der Waals surface area contributed by atoms with Gasteiger partial charge < -0.3 is 9.80 Å². The average Bonchev–Trinajstić information content (AvgIpc) is 2.52. The molecule has 1 aromatic rings. The van der Waals surface area contributed by atoms with Gasteiger partial charge in [-0.05, 0) is 18.6 Å². The lowest BCUT2D eigenvalue weighted by atomic mass is 10.1.